The van der Waals surface area contributed by atoms with Gasteiger partial charge in [-0.1, -0.05) is 0 Å². The number of nitrogens with one attached hydrogen (secondary N) is 3. The molecule has 0 bridgehead atoms. The van der Waals surface area contributed by atoms with Crippen molar-refractivity contribution in [2.75, 3.05) is 26.2 Å². The fourth-order valence-corrected chi connectivity index (χ4v) is 5.47. The van der Waals surface area contributed by atoms with Crippen LogP contribution in [0, 0.1) is 20.8 Å². The van der Waals surface area contributed by atoms with Gasteiger partial charge in [-0.3, -0.25) is 14.3 Å². The van der Waals surface area contributed by atoms with Gasteiger partial charge in [-0.25, -0.2) is 4.99 Å². The molecule has 2 aliphatic heterocycles. The van der Waals surface area contributed by atoms with Gasteiger partial charge in [0.2, 0.25) is 0 Å². The second-order valence-corrected chi connectivity index (χ2v) is 10.6. The van der Waals surface area contributed by atoms with E-state index in [0.29, 0.717) is 11.1 Å². The molecule has 0 saturated carbocycles. The number of benzene rings is 1. The minimum absolute atomic E-state index is 0.0654. The molecule has 1 unspecified atom stereocenters. The molecule has 1 aromatic carbocycles. The van der Waals surface area contributed by atoms with Crippen LogP contribution in [0.15, 0.2) is 39.9 Å². The number of nitrogens with zero attached hydrogens (tertiary/aromatic N) is 4. The number of rotatable bonds is 6. The van der Waals surface area contributed by atoms with Gasteiger partial charge in [-0.15, -0.1) is 0 Å². The van der Waals surface area contributed by atoms with Gasteiger partial charge < -0.3 is 20.5 Å². The van der Waals surface area contributed by atoms with Crippen LogP contribution in [0.25, 0.3) is 10.9 Å². The van der Waals surface area contributed by atoms with Crippen molar-refractivity contribution in [1.29, 1.82) is 0 Å². The molecule has 0 radical (unpaired) electrons. The van der Waals surface area contributed by atoms with Crippen molar-refractivity contribution in [3.05, 3.63) is 74.1 Å². The van der Waals surface area contributed by atoms with E-state index in [4.69, 9.17) is 10.1 Å². The number of H-pyrrole nitrogens is 1. The third-order valence-electron chi connectivity index (χ3n) is 7.47. The molecule has 5 rings (SSSR count). The van der Waals surface area contributed by atoms with Crippen molar-refractivity contribution in [3.63, 3.8) is 0 Å². The smallest absolute Gasteiger partial charge is 0.253 e. The largest absolute Gasteiger partial charge is 0.354 e. The van der Waals surface area contributed by atoms with E-state index in [1.165, 1.54) is 0 Å². The highest BCUT2D eigenvalue weighted by atomic mass is 16.1. The standard InChI is InChI=1S/C29H37N7O2/c1-17(2)36-25-14-22(21-6-7-26(31-15-21)35-10-8-30-9-11-35)13-23(27(25)20(5)34-36)28(37)32-16-24-18(3)12-19(4)33-29(24)38/h7,12-15,17,21,30H,6,8-11,16H2,1-5H3,(H,32,37)(H,33,38). The van der Waals surface area contributed by atoms with E-state index in [1.807, 2.05) is 43.8 Å². The van der Waals surface area contributed by atoms with E-state index in [2.05, 4.69) is 46.5 Å². The van der Waals surface area contributed by atoms with Crippen molar-refractivity contribution in [3.8, 4) is 0 Å². The number of hydrogen-bond donors (Lipinski definition) is 3. The molecule has 1 amide bonds. The number of aliphatic imine (C=N–C) groups is 1. The summed E-state index contributed by atoms with van der Waals surface area (Å²) in [6.07, 6.45) is 5.04. The van der Waals surface area contributed by atoms with Crippen LogP contribution in [0.2, 0.25) is 0 Å². The van der Waals surface area contributed by atoms with Gasteiger partial charge in [-0.05, 0) is 76.4 Å². The van der Waals surface area contributed by atoms with Crippen LogP contribution in [-0.4, -0.2) is 58.0 Å². The first-order chi connectivity index (χ1) is 18.2. The fraction of sp³-hybridized carbons (Fsp3) is 0.448. The van der Waals surface area contributed by atoms with Crippen LogP contribution in [0.5, 0.6) is 0 Å². The summed E-state index contributed by atoms with van der Waals surface area (Å²) < 4.78 is 1.99. The van der Waals surface area contributed by atoms with Gasteiger partial charge in [0.25, 0.3) is 11.5 Å². The predicted molar refractivity (Wildman–Crippen MR) is 151 cm³/mol. The summed E-state index contributed by atoms with van der Waals surface area (Å²) in [4.78, 5) is 36.1. The number of aromatic amines is 1. The molecule has 9 nitrogen and oxygen atoms in total. The van der Waals surface area contributed by atoms with Crippen LogP contribution in [0.1, 0.15) is 70.7 Å². The van der Waals surface area contributed by atoms with Crippen LogP contribution in [0.4, 0.5) is 0 Å². The Labute approximate surface area is 223 Å². The molecule has 9 heteroatoms. The van der Waals surface area contributed by atoms with Gasteiger partial charge >= 0.3 is 0 Å². The SMILES string of the molecule is Cc1cc(C)c(CNC(=O)c2cc(C3C=NC(N4CCNCC4)=CC3)cc3c2c(C)nn3C(C)C)c(=O)[nH]1. The molecule has 200 valence electrons. The highest BCUT2D eigenvalue weighted by Crippen LogP contribution is 2.32. The van der Waals surface area contributed by atoms with Gasteiger partial charge in [-0.2, -0.15) is 5.10 Å². The normalized spacial score (nSPS) is 17.8. The number of amides is 1. The molecule has 1 fully saturated rings. The molecule has 3 aromatic rings. The number of piperazine rings is 1. The minimum Gasteiger partial charge on any atom is -0.354 e. The number of hydrogen-bond acceptors (Lipinski definition) is 6. The lowest BCUT2D eigenvalue weighted by Gasteiger charge is -2.31. The molecule has 0 spiro atoms. The Bertz CT molecular complexity index is 1490. The summed E-state index contributed by atoms with van der Waals surface area (Å²) in [5, 5.41) is 12.0. The lowest BCUT2D eigenvalue weighted by atomic mass is 9.91. The first-order valence-electron chi connectivity index (χ1n) is 13.4. The maximum atomic E-state index is 13.6. The molecule has 1 atom stereocenters. The number of carbonyl (C=O) groups is 1. The van der Waals surface area contributed by atoms with Crippen molar-refractivity contribution < 1.29 is 4.79 Å². The molecule has 3 N–H and O–H groups in total. The number of allylic oxidation sites excluding steroid dienone is 1. The molecule has 2 aliphatic rings. The van der Waals surface area contributed by atoms with Gasteiger partial charge in [0.05, 0.1) is 16.8 Å². The Morgan fingerprint density at radius 1 is 1.16 bits per heavy atom. The molecular weight excluding hydrogens is 478 g/mol. The van der Waals surface area contributed by atoms with Gasteiger partial charge in [0, 0.05) is 67.5 Å². The first kappa shape index (κ1) is 25.9. The average Bonchev–Trinajstić information content (AvgIpc) is 3.24. The molecule has 2 aromatic heterocycles. The second-order valence-electron chi connectivity index (χ2n) is 10.6. The number of carbonyl (C=O) groups excluding carboxylic acids is 1. The Morgan fingerprint density at radius 3 is 2.58 bits per heavy atom. The van der Waals surface area contributed by atoms with Crippen molar-refractivity contribution in [1.82, 2.24) is 30.3 Å². The van der Waals surface area contributed by atoms with Gasteiger partial charge in [0.15, 0.2) is 0 Å². The van der Waals surface area contributed by atoms with Crippen molar-refractivity contribution >= 4 is 23.0 Å². The maximum absolute atomic E-state index is 13.6. The number of fused-ring (bicyclic) bond motifs is 1. The third kappa shape index (κ3) is 5.03. The predicted octanol–water partition coefficient (Wildman–Crippen LogP) is 3.47. The molecule has 1 saturated heterocycles. The van der Waals surface area contributed by atoms with E-state index in [0.717, 1.165) is 71.8 Å². The molecule has 38 heavy (non-hydrogen) atoms. The number of pyridine rings is 1. The van der Waals surface area contributed by atoms with Crippen LogP contribution in [-0.2, 0) is 6.54 Å². The number of aromatic nitrogens is 3. The Hall–Kier alpha value is -3.72. The maximum Gasteiger partial charge on any atom is 0.253 e. The summed E-state index contributed by atoms with van der Waals surface area (Å²) in [5.41, 5.74) is 5.42. The topological polar surface area (TPSA) is 107 Å². The highest BCUT2D eigenvalue weighted by Gasteiger charge is 2.24. The first-order valence-corrected chi connectivity index (χ1v) is 13.4. The Kier molecular flexibility index (Phi) is 7.21. The molecular formula is C29H37N7O2. The fourth-order valence-electron chi connectivity index (χ4n) is 5.47. The summed E-state index contributed by atoms with van der Waals surface area (Å²) in [7, 11) is 0. The summed E-state index contributed by atoms with van der Waals surface area (Å²) in [6.45, 7) is 13.9. The zero-order valence-electron chi connectivity index (χ0n) is 22.9. The molecule has 4 heterocycles. The number of aryl methyl sites for hydroxylation is 3. The van der Waals surface area contributed by atoms with Crippen LogP contribution in [0.3, 0.4) is 0 Å². The average molecular weight is 516 g/mol. The van der Waals surface area contributed by atoms with Crippen molar-refractivity contribution in [2.24, 2.45) is 4.99 Å². The van der Waals surface area contributed by atoms with Gasteiger partial charge in [0.1, 0.15) is 5.82 Å². The van der Waals surface area contributed by atoms with Crippen molar-refractivity contribution in [2.45, 2.75) is 59.5 Å². The summed E-state index contributed by atoms with van der Waals surface area (Å²) >= 11 is 0. The lowest BCUT2D eigenvalue weighted by Crippen LogP contribution is -2.42. The van der Waals surface area contributed by atoms with E-state index in [1.54, 1.807) is 0 Å². The lowest BCUT2D eigenvalue weighted by molar-refractivity contribution is 0.0952. The summed E-state index contributed by atoms with van der Waals surface area (Å²) in [6, 6.07) is 6.19. The zero-order chi connectivity index (χ0) is 27.0. The van der Waals surface area contributed by atoms with E-state index in [9.17, 15) is 9.59 Å². The molecule has 0 aliphatic carbocycles. The minimum atomic E-state index is -0.215. The van der Waals surface area contributed by atoms with E-state index >= 15 is 0 Å². The zero-order valence-corrected chi connectivity index (χ0v) is 22.9. The summed E-state index contributed by atoms with van der Waals surface area (Å²) in [5.74, 6) is 0.881. The quantitative estimate of drug-likeness (QED) is 0.466. The van der Waals surface area contributed by atoms with E-state index in [-0.39, 0.29) is 30.0 Å². The van der Waals surface area contributed by atoms with E-state index < -0.39 is 0 Å². The third-order valence-corrected chi connectivity index (χ3v) is 7.47. The van der Waals surface area contributed by atoms with Crippen LogP contribution >= 0.6 is 0 Å². The van der Waals surface area contributed by atoms with Crippen LogP contribution < -0.4 is 16.2 Å². The monoisotopic (exact) mass is 515 g/mol. The second kappa shape index (κ2) is 10.6. The Morgan fingerprint density at radius 2 is 1.92 bits per heavy atom. The highest BCUT2D eigenvalue weighted by molar-refractivity contribution is 6.08. The Balaban J connectivity index is 1.47.